The lowest BCUT2D eigenvalue weighted by Gasteiger charge is -2.12. The third-order valence-corrected chi connectivity index (χ3v) is 7.81. The number of hydrogen-bond acceptors (Lipinski definition) is 5. The minimum absolute atomic E-state index is 0.0102. The summed E-state index contributed by atoms with van der Waals surface area (Å²) in [5.41, 5.74) is 1.89. The lowest BCUT2D eigenvalue weighted by molar-refractivity contribution is 0.102. The molecule has 2 N–H and O–H groups in total. The van der Waals surface area contributed by atoms with E-state index in [0.29, 0.717) is 11.4 Å². The summed E-state index contributed by atoms with van der Waals surface area (Å²) < 4.78 is 53.1. The van der Waals surface area contributed by atoms with Crippen LogP contribution in [0.25, 0.3) is 0 Å². The van der Waals surface area contributed by atoms with Gasteiger partial charge in [-0.1, -0.05) is 23.8 Å². The summed E-state index contributed by atoms with van der Waals surface area (Å²) in [5, 5.41) is 2.67. The van der Waals surface area contributed by atoms with E-state index in [4.69, 9.17) is 0 Å². The Kier molecular flexibility index (Phi) is 6.68. The molecular formula is C22H23N3O5S2. The lowest BCUT2D eigenvalue weighted by atomic mass is 10.2. The summed E-state index contributed by atoms with van der Waals surface area (Å²) in [6, 6.07) is 18.3. The Hall–Kier alpha value is -3.21. The normalized spacial score (nSPS) is 11.9. The minimum atomic E-state index is -3.73. The molecule has 1 amide bonds. The van der Waals surface area contributed by atoms with E-state index >= 15 is 0 Å². The van der Waals surface area contributed by atoms with E-state index in [9.17, 15) is 21.6 Å². The first-order valence-corrected chi connectivity index (χ1v) is 12.4. The van der Waals surface area contributed by atoms with Crippen molar-refractivity contribution in [1.29, 1.82) is 0 Å². The lowest BCUT2D eigenvalue weighted by Crippen LogP contribution is -2.22. The van der Waals surface area contributed by atoms with Crippen molar-refractivity contribution in [3.63, 3.8) is 0 Å². The summed E-state index contributed by atoms with van der Waals surface area (Å²) in [5.74, 6) is -0.492. The number of hydrogen-bond donors (Lipinski definition) is 2. The molecule has 0 aromatic heterocycles. The van der Waals surface area contributed by atoms with Gasteiger partial charge >= 0.3 is 0 Å². The monoisotopic (exact) mass is 473 g/mol. The second-order valence-electron chi connectivity index (χ2n) is 7.27. The number of benzene rings is 3. The van der Waals surface area contributed by atoms with Gasteiger partial charge in [0.15, 0.2) is 0 Å². The van der Waals surface area contributed by atoms with Crippen LogP contribution in [0.1, 0.15) is 15.9 Å². The van der Waals surface area contributed by atoms with Crippen LogP contribution in [0.3, 0.4) is 0 Å². The van der Waals surface area contributed by atoms with E-state index in [2.05, 4.69) is 10.0 Å². The molecule has 3 rings (SSSR count). The van der Waals surface area contributed by atoms with Crippen molar-refractivity contribution >= 4 is 37.3 Å². The highest BCUT2D eigenvalue weighted by Crippen LogP contribution is 2.20. The van der Waals surface area contributed by atoms with Crippen LogP contribution < -0.4 is 10.0 Å². The van der Waals surface area contributed by atoms with Crippen molar-refractivity contribution in [2.75, 3.05) is 24.1 Å². The van der Waals surface area contributed by atoms with Crippen LogP contribution >= 0.6 is 0 Å². The standard InChI is InChI=1S/C22H23N3O5S2/c1-16-7-13-20(14-8-16)31(27,28)24-19-11-9-18(10-12-19)23-22(26)17-5-4-6-21(15-17)32(29,30)25(2)3/h4-15,24H,1-3H3,(H,23,26). The molecule has 0 fully saturated rings. The Morgan fingerprint density at radius 3 is 1.97 bits per heavy atom. The predicted molar refractivity (Wildman–Crippen MR) is 124 cm³/mol. The number of sulfonamides is 2. The third kappa shape index (κ3) is 5.34. The topological polar surface area (TPSA) is 113 Å². The zero-order valence-corrected chi connectivity index (χ0v) is 19.4. The Balaban J connectivity index is 1.72. The molecule has 0 atom stereocenters. The summed E-state index contributed by atoms with van der Waals surface area (Å²) in [6.45, 7) is 1.87. The van der Waals surface area contributed by atoms with E-state index in [1.54, 1.807) is 24.3 Å². The summed E-state index contributed by atoms with van der Waals surface area (Å²) in [6.07, 6.45) is 0. The first-order chi connectivity index (χ1) is 15.0. The smallest absolute Gasteiger partial charge is 0.261 e. The van der Waals surface area contributed by atoms with Crippen molar-refractivity contribution in [1.82, 2.24) is 4.31 Å². The van der Waals surface area contributed by atoms with Gasteiger partial charge in [0.25, 0.3) is 15.9 Å². The number of amides is 1. The average Bonchev–Trinajstić information content (AvgIpc) is 2.75. The van der Waals surface area contributed by atoms with Crippen LogP contribution in [0.4, 0.5) is 11.4 Å². The molecule has 168 valence electrons. The highest BCUT2D eigenvalue weighted by molar-refractivity contribution is 7.92. The highest BCUT2D eigenvalue weighted by atomic mass is 32.2. The Labute approximate surface area is 188 Å². The van der Waals surface area contributed by atoms with Crippen LogP contribution in [0, 0.1) is 6.92 Å². The van der Waals surface area contributed by atoms with Crippen molar-refractivity contribution in [2.24, 2.45) is 0 Å². The zero-order valence-electron chi connectivity index (χ0n) is 17.7. The van der Waals surface area contributed by atoms with Gasteiger partial charge in [0, 0.05) is 31.0 Å². The van der Waals surface area contributed by atoms with Crippen molar-refractivity contribution in [2.45, 2.75) is 16.7 Å². The van der Waals surface area contributed by atoms with Gasteiger partial charge in [-0.3, -0.25) is 9.52 Å². The number of rotatable bonds is 7. The van der Waals surface area contributed by atoms with E-state index in [-0.39, 0.29) is 15.4 Å². The van der Waals surface area contributed by atoms with E-state index in [0.717, 1.165) is 9.87 Å². The molecule has 0 radical (unpaired) electrons. The number of anilines is 2. The number of nitrogens with one attached hydrogen (secondary N) is 2. The van der Waals surface area contributed by atoms with Gasteiger partial charge in [-0.25, -0.2) is 21.1 Å². The maximum Gasteiger partial charge on any atom is 0.261 e. The van der Waals surface area contributed by atoms with Gasteiger partial charge in [0.1, 0.15) is 0 Å². The minimum Gasteiger partial charge on any atom is -0.322 e. The molecule has 0 unspecified atom stereocenters. The van der Waals surface area contributed by atoms with E-state index < -0.39 is 26.0 Å². The fourth-order valence-corrected chi connectivity index (χ4v) is 4.77. The zero-order chi connectivity index (χ0) is 23.5. The maximum atomic E-state index is 12.6. The second kappa shape index (κ2) is 9.11. The third-order valence-electron chi connectivity index (χ3n) is 4.60. The van der Waals surface area contributed by atoms with Gasteiger partial charge < -0.3 is 5.32 Å². The summed E-state index contributed by atoms with van der Waals surface area (Å²) >= 11 is 0. The van der Waals surface area contributed by atoms with Gasteiger partial charge in [0.05, 0.1) is 9.79 Å². The fraction of sp³-hybridized carbons (Fsp3) is 0.136. The quantitative estimate of drug-likeness (QED) is 0.547. The van der Waals surface area contributed by atoms with Crippen LogP contribution in [-0.2, 0) is 20.0 Å². The second-order valence-corrected chi connectivity index (χ2v) is 11.1. The Morgan fingerprint density at radius 2 is 1.38 bits per heavy atom. The molecule has 32 heavy (non-hydrogen) atoms. The largest absolute Gasteiger partial charge is 0.322 e. The first-order valence-electron chi connectivity index (χ1n) is 9.52. The van der Waals surface area contributed by atoms with Gasteiger partial charge in [0.2, 0.25) is 10.0 Å². The molecule has 0 heterocycles. The molecule has 0 bridgehead atoms. The molecule has 10 heteroatoms. The van der Waals surface area contributed by atoms with Crippen LogP contribution in [0.2, 0.25) is 0 Å². The first kappa shape index (κ1) is 23.5. The number of aryl methyl sites for hydroxylation is 1. The molecule has 0 aliphatic carbocycles. The van der Waals surface area contributed by atoms with Gasteiger partial charge in [-0.2, -0.15) is 0 Å². The number of nitrogens with zero attached hydrogens (tertiary/aromatic N) is 1. The molecule has 0 spiro atoms. The van der Waals surface area contributed by atoms with Crippen LogP contribution in [0.5, 0.6) is 0 Å². The molecule has 8 nitrogen and oxygen atoms in total. The molecule has 3 aromatic rings. The predicted octanol–water partition coefficient (Wildman–Crippen LogP) is 3.30. The maximum absolute atomic E-state index is 12.6. The fourth-order valence-electron chi connectivity index (χ4n) is 2.76. The van der Waals surface area contributed by atoms with Gasteiger partial charge in [-0.15, -0.1) is 0 Å². The van der Waals surface area contributed by atoms with Crippen molar-refractivity contribution in [3.8, 4) is 0 Å². The molecular weight excluding hydrogens is 450 g/mol. The molecule has 0 saturated heterocycles. The van der Waals surface area contributed by atoms with Crippen LogP contribution in [0.15, 0.2) is 82.6 Å². The highest BCUT2D eigenvalue weighted by Gasteiger charge is 2.19. The Morgan fingerprint density at radius 1 is 0.781 bits per heavy atom. The van der Waals surface area contributed by atoms with Crippen LogP contribution in [-0.4, -0.2) is 41.1 Å². The molecule has 3 aromatic carbocycles. The molecule has 0 saturated carbocycles. The number of carbonyl (C=O) groups is 1. The number of carbonyl (C=O) groups excluding carboxylic acids is 1. The van der Waals surface area contributed by atoms with Crippen molar-refractivity contribution in [3.05, 3.63) is 83.9 Å². The Bertz CT molecular complexity index is 1330. The van der Waals surface area contributed by atoms with Gasteiger partial charge in [-0.05, 0) is 61.5 Å². The molecule has 0 aliphatic heterocycles. The van der Waals surface area contributed by atoms with E-state index in [1.165, 1.54) is 62.6 Å². The molecule has 0 aliphatic rings. The van der Waals surface area contributed by atoms with E-state index in [1.807, 2.05) is 6.92 Å². The summed E-state index contributed by atoms with van der Waals surface area (Å²) in [4.78, 5) is 12.7. The summed E-state index contributed by atoms with van der Waals surface area (Å²) in [7, 11) is -4.57. The average molecular weight is 474 g/mol. The SMILES string of the molecule is Cc1ccc(S(=O)(=O)Nc2ccc(NC(=O)c3cccc(S(=O)(=O)N(C)C)c3)cc2)cc1. The van der Waals surface area contributed by atoms with Crippen molar-refractivity contribution < 1.29 is 21.6 Å².